The maximum absolute atomic E-state index is 9.93. The van der Waals surface area contributed by atoms with E-state index in [-0.39, 0.29) is 0 Å². The molecular formula is C10H15BrN2OS. The van der Waals surface area contributed by atoms with Crippen LogP contribution in [0.25, 0.3) is 0 Å². The van der Waals surface area contributed by atoms with E-state index < -0.39 is 5.60 Å². The zero-order chi connectivity index (χ0) is 11.3. The quantitative estimate of drug-likeness (QED) is 0.874. The summed E-state index contributed by atoms with van der Waals surface area (Å²) < 4.78 is 0.928. The normalized spacial score (nSPS) is 14.7. The molecule has 0 aromatic carbocycles. The Morgan fingerprint density at radius 3 is 2.93 bits per heavy atom. The van der Waals surface area contributed by atoms with Crippen LogP contribution in [0.3, 0.4) is 0 Å². The van der Waals surface area contributed by atoms with Crippen LogP contribution in [0, 0.1) is 0 Å². The third-order valence-electron chi connectivity index (χ3n) is 1.83. The molecule has 0 amide bonds. The number of anilines is 1. The van der Waals surface area contributed by atoms with E-state index in [4.69, 9.17) is 0 Å². The molecule has 0 bridgehead atoms. The summed E-state index contributed by atoms with van der Waals surface area (Å²) in [7, 11) is 0. The van der Waals surface area contributed by atoms with Gasteiger partial charge in [-0.25, -0.2) is 0 Å². The van der Waals surface area contributed by atoms with Crippen molar-refractivity contribution in [2.24, 2.45) is 0 Å². The van der Waals surface area contributed by atoms with Crippen molar-refractivity contribution in [2.45, 2.75) is 12.5 Å². The van der Waals surface area contributed by atoms with Crippen LogP contribution in [0.4, 0.5) is 5.69 Å². The second kappa shape index (κ2) is 5.72. The molecule has 0 unspecified atom stereocenters. The Morgan fingerprint density at radius 2 is 2.33 bits per heavy atom. The van der Waals surface area contributed by atoms with E-state index in [1.54, 1.807) is 24.2 Å². The molecule has 0 aliphatic rings. The number of nitrogens with one attached hydrogen (secondary N) is 1. The van der Waals surface area contributed by atoms with Gasteiger partial charge in [0, 0.05) is 23.0 Å². The Morgan fingerprint density at radius 1 is 1.60 bits per heavy atom. The number of rotatable bonds is 5. The summed E-state index contributed by atoms with van der Waals surface area (Å²) in [4.78, 5) is 4.03. The van der Waals surface area contributed by atoms with Crippen LogP contribution in [0.5, 0.6) is 0 Å². The van der Waals surface area contributed by atoms with Crippen LogP contribution in [-0.2, 0) is 0 Å². The number of halogens is 1. The Balaban J connectivity index is 2.49. The van der Waals surface area contributed by atoms with Crippen molar-refractivity contribution in [2.75, 3.05) is 23.9 Å². The third kappa shape index (κ3) is 4.86. The fraction of sp³-hybridized carbons (Fsp3) is 0.500. The topological polar surface area (TPSA) is 45.1 Å². The van der Waals surface area contributed by atoms with E-state index in [9.17, 15) is 5.11 Å². The van der Waals surface area contributed by atoms with E-state index in [0.29, 0.717) is 12.3 Å². The first kappa shape index (κ1) is 12.8. The number of thioether (sulfide) groups is 1. The molecule has 3 nitrogen and oxygen atoms in total. The third-order valence-corrected chi connectivity index (χ3v) is 3.18. The number of hydrogen-bond acceptors (Lipinski definition) is 4. The van der Waals surface area contributed by atoms with Gasteiger partial charge in [-0.2, -0.15) is 11.8 Å². The summed E-state index contributed by atoms with van der Waals surface area (Å²) in [6.07, 6.45) is 5.44. The molecule has 1 heterocycles. The molecule has 1 atom stereocenters. The van der Waals surface area contributed by atoms with Gasteiger partial charge < -0.3 is 10.4 Å². The second-order valence-corrected chi connectivity index (χ2v) is 5.46. The fourth-order valence-corrected chi connectivity index (χ4v) is 2.25. The van der Waals surface area contributed by atoms with Crippen LogP contribution >= 0.6 is 27.7 Å². The smallest absolute Gasteiger partial charge is 0.0880 e. The van der Waals surface area contributed by atoms with Gasteiger partial charge in [0.15, 0.2) is 0 Å². The van der Waals surface area contributed by atoms with Gasteiger partial charge in [-0.05, 0) is 35.2 Å². The Hall–Kier alpha value is -0.260. The minimum absolute atomic E-state index is 0.520. The van der Waals surface area contributed by atoms with Crippen molar-refractivity contribution in [1.29, 1.82) is 0 Å². The molecule has 1 aromatic heterocycles. The molecule has 1 rings (SSSR count). The fourth-order valence-electron chi connectivity index (χ4n) is 1.16. The van der Waals surface area contributed by atoms with Gasteiger partial charge in [0.05, 0.1) is 17.5 Å². The van der Waals surface area contributed by atoms with Crippen LogP contribution in [0.15, 0.2) is 22.9 Å². The van der Waals surface area contributed by atoms with Gasteiger partial charge in [0.1, 0.15) is 0 Å². The summed E-state index contributed by atoms with van der Waals surface area (Å²) >= 11 is 4.98. The number of aromatic nitrogens is 1. The molecule has 2 N–H and O–H groups in total. The average molecular weight is 291 g/mol. The summed E-state index contributed by atoms with van der Waals surface area (Å²) in [5.41, 5.74) is 0.215. The average Bonchev–Trinajstić information content (AvgIpc) is 2.15. The summed E-state index contributed by atoms with van der Waals surface area (Å²) in [6, 6.07) is 1.93. The Labute approximate surface area is 103 Å². The lowest BCUT2D eigenvalue weighted by Gasteiger charge is -2.23. The minimum Gasteiger partial charge on any atom is -0.387 e. The first-order chi connectivity index (χ1) is 7.03. The van der Waals surface area contributed by atoms with Gasteiger partial charge in [-0.15, -0.1) is 0 Å². The molecule has 15 heavy (non-hydrogen) atoms. The highest BCUT2D eigenvalue weighted by atomic mass is 79.9. The minimum atomic E-state index is -0.693. The van der Waals surface area contributed by atoms with Crippen LogP contribution in [0.2, 0.25) is 0 Å². The van der Waals surface area contributed by atoms with Gasteiger partial charge in [0.2, 0.25) is 0 Å². The molecular weight excluding hydrogens is 276 g/mol. The van der Waals surface area contributed by atoms with E-state index in [1.807, 2.05) is 19.2 Å². The highest BCUT2D eigenvalue weighted by molar-refractivity contribution is 9.10. The van der Waals surface area contributed by atoms with E-state index in [0.717, 1.165) is 10.2 Å². The van der Waals surface area contributed by atoms with Crippen molar-refractivity contribution in [3.05, 3.63) is 22.9 Å². The monoisotopic (exact) mass is 290 g/mol. The SMILES string of the molecule is CSC[C@](C)(O)CNc1cncc(Br)c1. The molecule has 0 saturated heterocycles. The van der Waals surface area contributed by atoms with Gasteiger partial charge in [-0.3, -0.25) is 4.98 Å². The van der Waals surface area contributed by atoms with Gasteiger partial charge in [-0.1, -0.05) is 0 Å². The summed E-state index contributed by atoms with van der Waals surface area (Å²) in [5.74, 6) is 0.710. The molecule has 0 radical (unpaired) electrons. The van der Waals surface area contributed by atoms with Crippen LogP contribution < -0.4 is 5.32 Å². The number of pyridine rings is 1. The molecule has 0 aliphatic carbocycles. The first-order valence-corrected chi connectivity index (χ1v) is 6.78. The maximum Gasteiger partial charge on any atom is 0.0880 e. The first-order valence-electron chi connectivity index (χ1n) is 4.59. The van der Waals surface area contributed by atoms with E-state index in [1.165, 1.54) is 0 Å². The van der Waals surface area contributed by atoms with E-state index >= 15 is 0 Å². The zero-order valence-electron chi connectivity index (χ0n) is 8.83. The van der Waals surface area contributed by atoms with Crippen LogP contribution in [0.1, 0.15) is 6.92 Å². The summed E-state index contributed by atoms with van der Waals surface area (Å²) in [6.45, 7) is 2.34. The molecule has 0 spiro atoms. The number of aliphatic hydroxyl groups is 1. The highest BCUT2D eigenvalue weighted by Crippen LogP contribution is 2.16. The van der Waals surface area contributed by atoms with Gasteiger partial charge >= 0.3 is 0 Å². The maximum atomic E-state index is 9.93. The predicted octanol–water partition coefficient (Wildman–Crippen LogP) is 2.37. The van der Waals surface area contributed by atoms with Crippen molar-refractivity contribution in [3.8, 4) is 0 Å². The molecule has 84 valence electrons. The zero-order valence-corrected chi connectivity index (χ0v) is 11.2. The van der Waals surface area contributed by atoms with Crippen molar-refractivity contribution >= 4 is 33.4 Å². The number of nitrogens with zero attached hydrogens (tertiary/aromatic N) is 1. The lowest BCUT2D eigenvalue weighted by molar-refractivity contribution is 0.0997. The molecule has 0 aliphatic heterocycles. The molecule has 5 heteroatoms. The molecule has 1 aromatic rings. The second-order valence-electron chi connectivity index (χ2n) is 3.68. The van der Waals surface area contributed by atoms with Crippen molar-refractivity contribution < 1.29 is 5.11 Å². The molecule has 0 fully saturated rings. The largest absolute Gasteiger partial charge is 0.387 e. The highest BCUT2D eigenvalue weighted by Gasteiger charge is 2.18. The van der Waals surface area contributed by atoms with E-state index in [2.05, 4.69) is 26.2 Å². The van der Waals surface area contributed by atoms with Crippen LogP contribution in [-0.4, -0.2) is 34.2 Å². The summed E-state index contributed by atoms with van der Waals surface area (Å²) in [5, 5.41) is 13.1. The lowest BCUT2D eigenvalue weighted by atomic mass is 10.1. The lowest BCUT2D eigenvalue weighted by Crippen LogP contribution is -2.36. The predicted molar refractivity (Wildman–Crippen MR) is 69.4 cm³/mol. The van der Waals surface area contributed by atoms with Crippen molar-refractivity contribution in [3.63, 3.8) is 0 Å². The Bertz CT molecular complexity index is 320. The number of hydrogen-bond donors (Lipinski definition) is 2. The Kier molecular flexibility index (Phi) is 4.89. The van der Waals surface area contributed by atoms with Gasteiger partial charge in [0.25, 0.3) is 0 Å². The van der Waals surface area contributed by atoms with Crippen molar-refractivity contribution in [1.82, 2.24) is 4.98 Å². The molecule has 0 saturated carbocycles. The standard InChI is InChI=1S/C10H15BrN2OS/c1-10(14,7-15-2)6-13-9-3-8(11)4-12-5-9/h3-5,13-14H,6-7H2,1-2H3/t10-/m1/s1.